The van der Waals surface area contributed by atoms with E-state index < -0.39 is 27.1 Å². The van der Waals surface area contributed by atoms with Gasteiger partial charge in [0.25, 0.3) is 0 Å². The van der Waals surface area contributed by atoms with Crippen molar-refractivity contribution in [1.82, 2.24) is 9.21 Å². The second kappa shape index (κ2) is 8.90. The molecule has 10 heteroatoms. The average molecular weight is 481 g/mol. The first kappa shape index (κ1) is 23.4. The van der Waals surface area contributed by atoms with E-state index in [1.54, 1.807) is 36.9 Å². The minimum Gasteiger partial charge on any atom is -0.493 e. The largest absolute Gasteiger partial charge is 0.493 e. The second-order valence-corrected chi connectivity index (χ2v) is 10.8. The van der Waals surface area contributed by atoms with E-state index >= 15 is 0 Å². The second-order valence-electron chi connectivity index (χ2n) is 8.81. The number of hydrogen-bond donors (Lipinski definition) is 0. The van der Waals surface area contributed by atoms with Crippen molar-refractivity contribution in [2.75, 3.05) is 39.4 Å². The molecule has 0 unspecified atom stereocenters. The molecular formula is C23H26F2N2O5S. The highest BCUT2D eigenvalue weighted by molar-refractivity contribution is 7.89. The van der Waals surface area contributed by atoms with Gasteiger partial charge in [-0.1, -0.05) is 0 Å². The first-order chi connectivity index (χ1) is 15.6. The summed E-state index contributed by atoms with van der Waals surface area (Å²) in [6.07, 6.45) is 0.683. The number of sulfonamides is 1. The van der Waals surface area contributed by atoms with Gasteiger partial charge in [-0.05, 0) is 49.7 Å². The highest BCUT2D eigenvalue weighted by Crippen LogP contribution is 2.30. The molecule has 0 radical (unpaired) electrons. The molecule has 178 valence electrons. The third-order valence-electron chi connectivity index (χ3n) is 5.89. The Bertz CT molecular complexity index is 1160. The number of piperazine rings is 1. The van der Waals surface area contributed by atoms with Gasteiger partial charge in [-0.3, -0.25) is 4.79 Å². The fraction of sp³-hybridized carbons (Fsp3) is 0.435. The number of halogens is 2. The lowest BCUT2D eigenvalue weighted by Crippen LogP contribution is -2.54. The van der Waals surface area contributed by atoms with Crippen LogP contribution in [0.1, 0.15) is 19.4 Å². The van der Waals surface area contributed by atoms with Crippen LogP contribution in [0.25, 0.3) is 0 Å². The highest BCUT2D eigenvalue weighted by Gasteiger charge is 2.37. The van der Waals surface area contributed by atoms with Gasteiger partial charge >= 0.3 is 0 Å². The van der Waals surface area contributed by atoms with E-state index in [1.165, 1.54) is 10.4 Å². The molecule has 1 saturated heterocycles. The Morgan fingerprint density at radius 1 is 1.06 bits per heavy atom. The zero-order valence-corrected chi connectivity index (χ0v) is 19.3. The van der Waals surface area contributed by atoms with Crippen molar-refractivity contribution < 1.29 is 31.5 Å². The molecule has 2 aliphatic rings. The molecule has 2 aliphatic heterocycles. The normalized spacial score (nSPS) is 16.9. The first-order valence-electron chi connectivity index (χ1n) is 10.7. The van der Waals surface area contributed by atoms with E-state index in [9.17, 15) is 22.0 Å². The molecular weight excluding hydrogens is 454 g/mol. The van der Waals surface area contributed by atoms with Gasteiger partial charge in [0.15, 0.2) is 11.6 Å². The molecule has 2 heterocycles. The third-order valence-corrected chi connectivity index (χ3v) is 7.79. The van der Waals surface area contributed by atoms with E-state index in [-0.39, 0.29) is 49.3 Å². The summed E-state index contributed by atoms with van der Waals surface area (Å²) >= 11 is 0. The summed E-state index contributed by atoms with van der Waals surface area (Å²) in [5.41, 5.74) is -0.0565. The fourth-order valence-electron chi connectivity index (χ4n) is 3.92. The predicted octanol–water partition coefficient (Wildman–Crippen LogP) is 2.84. The average Bonchev–Trinajstić information content (AvgIpc) is 3.27. The highest BCUT2D eigenvalue weighted by atomic mass is 32.2. The lowest BCUT2D eigenvalue weighted by molar-refractivity contribution is -0.143. The quantitative estimate of drug-likeness (QED) is 0.636. The molecule has 0 bridgehead atoms. The van der Waals surface area contributed by atoms with Gasteiger partial charge in [-0.25, -0.2) is 17.2 Å². The summed E-state index contributed by atoms with van der Waals surface area (Å²) in [5, 5.41) is 0. The molecule has 2 aromatic rings. The van der Waals surface area contributed by atoms with Crippen molar-refractivity contribution in [3.8, 4) is 11.5 Å². The van der Waals surface area contributed by atoms with Gasteiger partial charge in [-0.2, -0.15) is 4.31 Å². The van der Waals surface area contributed by atoms with Crippen LogP contribution in [0.15, 0.2) is 41.3 Å². The first-order valence-corrected chi connectivity index (χ1v) is 12.1. The summed E-state index contributed by atoms with van der Waals surface area (Å²) in [7, 11) is -3.67. The fourth-order valence-corrected chi connectivity index (χ4v) is 5.40. The lowest BCUT2D eigenvalue weighted by Gasteiger charge is -2.38. The Morgan fingerprint density at radius 2 is 1.79 bits per heavy atom. The summed E-state index contributed by atoms with van der Waals surface area (Å²) in [5.74, 6) is -1.34. The molecule has 0 atom stereocenters. The van der Waals surface area contributed by atoms with Crippen LogP contribution in [0.2, 0.25) is 0 Å². The Morgan fingerprint density at radius 3 is 2.48 bits per heavy atom. The van der Waals surface area contributed by atoms with Crippen LogP contribution in [-0.4, -0.2) is 62.9 Å². The molecule has 1 amide bonds. The van der Waals surface area contributed by atoms with Crippen molar-refractivity contribution in [2.24, 2.45) is 5.41 Å². The molecule has 0 aliphatic carbocycles. The number of hydrogen-bond acceptors (Lipinski definition) is 5. The summed E-state index contributed by atoms with van der Waals surface area (Å²) in [6.45, 7) is 4.78. The molecule has 0 spiro atoms. The van der Waals surface area contributed by atoms with Crippen molar-refractivity contribution in [3.05, 3.63) is 53.6 Å². The van der Waals surface area contributed by atoms with E-state index in [0.29, 0.717) is 13.0 Å². The van der Waals surface area contributed by atoms with Gasteiger partial charge in [0.1, 0.15) is 18.1 Å². The van der Waals surface area contributed by atoms with Crippen molar-refractivity contribution in [2.45, 2.75) is 25.2 Å². The van der Waals surface area contributed by atoms with Gasteiger partial charge in [0.05, 0.1) is 16.9 Å². The van der Waals surface area contributed by atoms with Gasteiger partial charge in [0, 0.05) is 38.7 Å². The number of ether oxygens (including phenoxy) is 2. The Labute approximate surface area is 191 Å². The molecule has 0 aromatic heterocycles. The van der Waals surface area contributed by atoms with Crippen LogP contribution in [0.5, 0.6) is 11.5 Å². The van der Waals surface area contributed by atoms with Crippen molar-refractivity contribution in [1.29, 1.82) is 0 Å². The lowest BCUT2D eigenvalue weighted by atomic mass is 9.92. The van der Waals surface area contributed by atoms with Crippen molar-refractivity contribution >= 4 is 15.9 Å². The van der Waals surface area contributed by atoms with E-state index in [1.807, 2.05) is 0 Å². The number of fused-ring (bicyclic) bond motifs is 1. The molecule has 0 N–H and O–H groups in total. The number of carbonyl (C=O) groups excluding carboxylic acids is 1. The molecule has 4 rings (SSSR count). The summed E-state index contributed by atoms with van der Waals surface area (Å²) in [6, 6.07) is 8.10. The molecule has 1 fully saturated rings. The smallest absolute Gasteiger partial charge is 0.243 e. The number of carbonyl (C=O) groups is 1. The van der Waals surface area contributed by atoms with Crippen LogP contribution < -0.4 is 9.47 Å². The standard InChI is InChI=1S/C23H26F2N2O5S/c1-23(2,15-32-17-3-5-19(24)20(25)14-17)22(28)26-8-10-27(11-9-26)33(29,30)18-4-6-21-16(13-18)7-12-31-21/h3-6,13-14H,7-12,15H2,1-2H3. The van der Waals surface area contributed by atoms with E-state index in [2.05, 4.69) is 0 Å². The minimum atomic E-state index is -3.67. The summed E-state index contributed by atoms with van der Waals surface area (Å²) in [4.78, 5) is 14.9. The van der Waals surface area contributed by atoms with Crippen LogP contribution >= 0.6 is 0 Å². The number of nitrogens with zero attached hydrogens (tertiary/aromatic N) is 2. The maximum Gasteiger partial charge on any atom is 0.243 e. The molecule has 33 heavy (non-hydrogen) atoms. The van der Waals surface area contributed by atoms with Crippen LogP contribution in [-0.2, 0) is 21.2 Å². The van der Waals surface area contributed by atoms with Crippen LogP contribution in [0.4, 0.5) is 8.78 Å². The van der Waals surface area contributed by atoms with Crippen molar-refractivity contribution in [3.63, 3.8) is 0 Å². The monoisotopic (exact) mass is 480 g/mol. The number of benzene rings is 2. The van der Waals surface area contributed by atoms with Gasteiger partial charge in [0.2, 0.25) is 15.9 Å². The third kappa shape index (κ3) is 4.81. The van der Waals surface area contributed by atoms with Gasteiger partial charge < -0.3 is 14.4 Å². The molecule has 2 aromatic carbocycles. The van der Waals surface area contributed by atoms with E-state index in [4.69, 9.17) is 9.47 Å². The van der Waals surface area contributed by atoms with Crippen LogP contribution in [0.3, 0.4) is 0 Å². The number of amides is 1. The Hall–Kier alpha value is -2.72. The predicted molar refractivity (Wildman–Crippen MR) is 117 cm³/mol. The zero-order valence-electron chi connectivity index (χ0n) is 18.5. The van der Waals surface area contributed by atoms with Gasteiger partial charge in [-0.15, -0.1) is 0 Å². The molecule has 0 saturated carbocycles. The Balaban J connectivity index is 1.36. The SMILES string of the molecule is CC(C)(COc1ccc(F)c(F)c1)C(=O)N1CCN(S(=O)(=O)c2ccc3c(c2)CCO3)CC1. The minimum absolute atomic E-state index is 0.0351. The number of rotatable bonds is 6. The molecule has 7 nitrogen and oxygen atoms in total. The Kier molecular flexibility index (Phi) is 6.32. The zero-order chi connectivity index (χ0) is 23.8. The summed E-state index contributed by atoms with van der Waals surface area (Å²) < 4.78 is 65.0. The van der Waals surface area contributed by atoms with Crippen LogP contribution in [0, 0.1) is 17.0 Å². The maximum atomic E-state index is 13.4. The maximum absolute atomic E-state index is 13.4. The van der Waals surface area contributed by atoms with E-state index in [0.717, 1.165) is 23.4 Å². The topological polar surface area (TPSA) is 76.2 Å².